The first kappa shape index (κ1) is 14.6. The molecule has 0 radical (unpaired) electrons. The lowest BCUT2D eigenvalue weighted by molar-refractivity contribution is 0.687. The molecule has 0 aromatic heterocycles. The second kappa shape index (κ2) is 6.08. The number of nitrogens with one attached hydrogen (secondary N) is 1. The highest BCUT2D eigenvalue weighted by Crippen LogP contribution is 2.30. The summed E-state index contributed by atoms with van der Waals surface area (Å²) in [7, 11) is 1.97. The van der Waals surface area contributed by atoms with Gasteiger partial charge in [0.15, 0.2) is 0 Å². The van der Waals surface area contributed by atoms with Gasteiger partial charge < -0.3 is 5.32 Å². The number of rotatable bonds is 3. The second-order valence-electron chi connectivity index (χ2n) is 4.73. The smallest absolute Gasteiger partial charge is 0.0577 e. The summed E-state index contributed by atoms with van der Waals surface area (Å²) in [6, 6.07) is 12.6. The van der Waals surface area contributed by atoms with Crippen molar-refractivity contribution in [3.63, 3.8) is 0 Å². The van der Waals surface area contributed by atoms with Crippen LogP contribution in [0.4, 0.5) is 0 Å². The van der Waals surface area contributed by atoms with Crippen LogP contribution in [0.2, 0.25) is 5.02 Å². The van der Waals surface area contributed by atoms with Gasteiger partial charge in [-0.25, -0.2) is 0 Å². The molecular formula is C16H17BrClN. The van der Waals surface area contributed by atoms with Crippen LogP contribution in [0.5, 0.6) is 0 Å². The SMILES string of the molecule is CNC(c1cccc(Cl)c1)c1cc(C)c(Br)cc1C. The average molecular weight is 339 g/mol. The third-order valence-electron chi connectivity index (χ3n) is 3.33. The van der Waals surface area contributed by atoms with Crippen LogP contribution in [0.15, 0.2) is 40.9 Å². The van der Waals surface area contributed by atoms with E-state index in [0.717, 1.165) is 9.50 Å². The van der Waals surface area contributed by atoms with Crippen molar-refractivity contribution in [3.8, 4) is 0 Å². The van der Waals surface area contributed by atoms with E-state index in [1.165, 1.54) is 22.3 Å². The minimum atomic E-state index is 0.158. The van der Waals surface area contributed by atoms with Gasteiger partial charge in [0.05, 0.1) is 6.04 Å². The number of benzene rings is 2. The van der Waals surface area contributed by atoms with Crippen molar-refractivity contribution in [2.75, 3.05) is 7.05 Å². The Morgan fingerprint density at radius 1 is 1.11 bits per heavy atom. The molecule has 2 aromatic rings. The lowest BCUT2D eigenvalue weighted by atomic mass is 9.94. The van der Waals surface area contributed by atoms with E-state index in [1.54, 1.807) is 0 Å². The van der Waals surface area contributed by atoms with Crippen molar-refractivity contribution in [1.29, 1.82) is 0 Å². The molecule has 0 aliphatic heterocycles. The monoisotopic (exact) mass is 337 g/mol. The Labute approximate surface area is 128 Å². The third-order valence-corrected chi connectivity index (χ3v) is 4.42. The van der Waals surface area contributed by atoms with E-state index < -0.39 is 0 Å². The summed E-state index contributed by atoms with van der Waals surface area (Å²) in [5, 5.41) is 4.14. The Morgan fingerprint density at radius 3 is 2.47 bits per heavy atom. The van der Waals surface area contributed by atoms with E-state index in [-0.39, 0.29) is 6.04 Å². The molecule has 3 heteroatoms. The molecule has 1 atom stereocenters. The standard InChI is InChI=1S/C16H17BrClN/c1-10-8-15(17)11(2)7-14(10)16(19-3)12-5-4-6-13(18)9-12/h4-9,16,19H,1-3H3. The zero-order valence-electron chi connectivity index (χ0n) is 11.3. The van der Waals surface area contributed by atoms with E-state index >= 15 is 0 Å². The minimum Gasteiger partial charge on any atom is -0.309 e. The van der Waals surface area contributed by atoms with Gasteiger partial charge in [-0.3, -0.25) is 0 Å². The van der Waals surface area contributed by atoms with Crippen LogP contribution in [0.25, 0.3) is 0 Å². The lowest BCUT2D eigenvalue weighted by Gasteiger charge is -2.21. The van der Waals surface area contributed by atoms with Crippen LogP contribution in [-0.2, 0) is 0 Å². The predicted octanol–water partition coefficient (Wildman–Crippen LogP) is 5.03. The van der Waals surface area contributed by atoms with Crippen LogP contribution < -0.4 is 5.32 Å². The molecule has 0 spiro atoms. The number of hydrogen-bond acceptors (Lipinski definition) is 1. The molecular weight excluding hydrogens is 322 g/mol. The molecule has 0 bridgehead atoms. The summed E-state index contributed by atoms with van der Waals surface area (Å²) in [6.45, 7) is 4.24. The van der Waals surface area contributed by atoms with Crippen LogP contribution in [0.1, 0.15) is 28.3 Å². The minimum absolute atomic E-state index is 0.158. The maximum Gasteiger partial charge on any atom is 0.0577 e. The van der Waals surface area contributed by atoms with Gasteiger partial charge in [-0.1, -0.05) is 45.7 Å². The van der Waals surface area contributed by atoms with Gasteiger partial charge >= 0.3 is 0 Å². The van der Waals surface area contributed by atoms with Gasteiger partial charge in [0, 0.05) is 9.50 Å². The lowest BCUT2D eigenvalue weighted by Crippen LogP contribution is -2.18. The van der Waals surface area contributed by atoms with Crippen LogP contribution in [0.3, 0.4) is 0 Å². The molecule has 1 N–H and O–H groups in total. The zero-order chi connectivity index (χ0) is 14.0. The quantitative estimate of drug-likeness (QED) is 0.828. The first-order chi connectivity index (χ1) is 9.02. The molecule has 19 heavy (non-hydrogen) atoms. The summed E-state index contributed by atoms with van der Waals surface area (Å²) >= 11 is 9.67. The summed E-state index contributed by atoms with van der Waals surface area (Å²) < 4.78 is 1.15. The molecule has 0 aliphatic carbocycles. The van der Waals surface area contributed by atoms with Crippen LogP contribution >= 0.6 is 27.5 Å². The Hall–Kier alpha value is -0.830. The summed E-state index contributed by atoms with van der Waals surface area (Å²) in [6.07, 6.45) is 0. The van der Waals surface area contributed by atoms with E-state index in [0.29, 0.717) is 0 Å². The molecule has 0 saturated carbocycles. The number of halogens is 2. The highest BCUT2D eigenvalue weighted by molar-refractivity contribution is 9.10. The molecule has 1 unspecified atom stereocenters. The molecule has 0 amide bonds. The van der Waals surface area contributed by atoms with Gasteiger partial charge in [-0.15, -0.1) is 0 Å². The molecule has 0 aliphatic rings. The van der Waals surface area contributed by atoms with Crippen molar-refractivity contribution in [2.24, 2.45) is 0 Å². The van der Waals surface area contributed by atoms with Crippen LogP contribution in [0, 0.1) is 13.8 Å². The fourth-order valence-electron chi connectivity index (χ4n) is 2.30. The predicted molar refractivity (Wildman–Crippen MR) is 86.0 cm³/mol. The van der Waals surface area contributed by atoms with Gasteiger partial charge in [0.2, 0.25) is 0 Å². The second-order valence-corrected chi connectivity index (χ2v) is 6.03. The first-order valence-electron chi connectivity index (χ1n) is 6.22. The fraction of sp³-hybridized carbons (Fsp3) is 0.250. The van der Waals surface area contributed by atoms with Crippen LogP contribution in [-0.4, -0.2) is 7.05 Å². The third kappa shape index (κ3) is 3.19. The summed E-state index contributed by atoms with van der Waals surface area (Å²) in [5.41, 5.74) is 4.96. The molecule has 2 rings (SSSR count). The maximum atomic E-state index is 6.09. The van der Waals surface area contributed by atoms with Crippen molar-refractivity contribution >= 4 is 27.5 Å². The van der Waals surface area contributed by atoms with Crippen molar-refractivity contribution in [3.05, 3.63) is 68.1 Å². The molecule has 0 heterocycles. The molecule has 2 aromatic carbocycles. The first-order valence-corrected chi connectivity index (χ1v) is 7.39. The van der Waals surface area contributed by atoms with E-state index in [2.05, 4.69) is 53.3 Å². The van der Waals surface area contributed by atoms with Crippen molar-refractivity contribution < 1.29 is 0 Å². The van der Waals surface area contributed by atoms with E-state index in [4.69, 9.17) is 11.6 Å². The normalized spacial score (nSPS) is 12.5. The molecule has 0 fully saturated rings. The van der Waals surface area contributed by atoms with Gasteiger partial charge in [-0.2, -0.15) is 0 Å². The summed E-state index contributed by atoms with van der Waals surface area (Å²) in [5.74, 6) is 0. The van der Waals surface area contributed by atoms with Gasteiger partial charge in [0.1, 0.15) is 0 Å². The van der Waals surface area contributed by atoms with Gasteiger partial charge in [-0.05, 0) is 61.3 Å². The summed E-state index contributed by atoms with van der Waals surface area (Å²) in [4.78, 5) is 0. The Morgan fingerprint density at radius 2 is 1.84 bits per heavy atom. The molecule has 0 saturated heterocycles. The number of hydrogen-bond donors (Lipinski definition) is 1. The van der Waals surface area contributed by atoms with Crippen molar-refractivity contribution in [2.45, 2.75) is 19.9 Å². The highest BCUT2D eigenvalue weighted by atomic mass is 79.9. The average Bonchev–Trinajstić information content (AvgIpc) is 2.36. The Balaban J connectivity index is 2.51. The molecule has 1 nitrogen and oxygen atoms in total. The zero-order valence-corrected chi connectivity index (χ0v) is 13.6. The maximum absolute atomic E-state index is 6.09. The topological polar surface area (TPSA) is 12.0 Å². The Kier molecular flexibility index (Phi) is 4.67. The largest absolute Gasteiger partial charge is 0.309 e. The van der Waals surface area contributed by atoms with E-state index in [1.807, 2.05) is 25.2 Å². The Bertz CT molecular complexity index is 595. The van der Waals surface area contributed by atoms with Gasteiger partial charge in [0.25, 0.3) is 0 Å². The highest BCUT2D eigenvalue weighted by Gasteiger charge is 2.15. The fourth-order valence-corrected chi connectivity index (χ4v) is 2.96. The number of aryl methyl sites for hydroxylation is 2. The van der Waals surface area contributed by atoms with E-state index in [9.17, 15) is 0 Å². The molecule has 100 valence electrons. The van der Waals surface area contributed by atoms with Crippen molar-refractivity contribution in [1.82, 2.24) is 5.32 Å².